The van der Waals surface area contributed by atoms with Crippen LogP contribution in [0.1, 0.15) is 47.5 Å². The van der Waals surface area contributed by atoms with Crippen LogP contribution in [0.15, 0.2) is 41.1 Å². The zero-order valence-electron chi connectivity index (χ0n) is 15.2. The van der Waals surface area contributed by atoms with Gasteiger partial charge < -0.3 is 19.4 Å². The Hall–Kier alpha value is -2.70. The van der Waals surface area contributed by atoms with Crippen molar-refractivity contribution in [3.8, 4) is 5.75 Å². The number of hydrogen-bond acceptors (Lipinski definition) is 6. The fourth-order valence-electron chi connectivity index (χ4n) is 3.63. The molecule has 0 fully saturated rings. The standard InChI is InChI=1S/C21H21NO5/c1-21(2)16-9-13(26-11-12(24)6-8-23)3-4-14(16)19(25)18-15-5-7-22-10-17(15)27-20(18)21/h3-5,7,9-10,12,23-24H,6,8,11H2,1-2H3/t12-/m0/s1. The van der Waals surface area contributed by atoms with E-state index in [2.05, 4.69) is 4.98 Å². The third-order valence-electron chi connectivity index (χ3n) is 5.10. The number of hydrogen-bond donors (Lipinski definition) is 2. The molecular weight excluding hydrogens is 346 g/mol. The minimum atomic E-state index is -0.741. The molecular formula is C21H21NO5. The Kier molecular flexibility index (Phi) is 4.25. The number of furan rings is 1. The maximum atomic E-state index is 13.1. The Balaban J connectivity index is 1.75. The van der Waals surface area contributed by atoms with E-state index in [9.17, 15) is 9.90 Å². The monoisotopic (exact) mass is 367 g/mol. The molecule has 0 radical (unpaired) electrons. The van der Waals surface area contributed by atoms with Crippen molar-refractivity contribution in [3.05, 3.63) is 59.1 Å². The number of aliphatic hydroxyl groups is 2. The van der Waals surface area contributed by atoms with E-state index in [1.54, 1.807) is 30.6 Å². The molecule has 6 nitrogen and oxygen atoms in total. The van der Waals surface area contributed by atoms with E-state index in [1.165, 1.54) is 0 Å². The van der Waals surface area contributed by atoms with Gasteiger partial charge in [0.15, 0.2) is 11.4 Å². The van der Waals surface area contributed by atoms with Crippen LogP contribution < -0.4 is 4.74 Å². The molecule has 1 aromatic carbocycles. The van der Waals surface area contributed by atoms with Crippen LogP contribution in [-0.2, 0) is 5.41 Å². The van der Waals surface area contributed by atoms with Crippen LogP contribution in [0.4, 0.5) is 0 Å². The number of rotatable bonds is 5. The molecule has 0 saturated carbocycles. The van der Waals surface area contributed by atoms with Gasteiger partial charge in [0, 0.05) is 29.2 Å². The molecule has 0 unspecified atom stereocenters. The molecule has 1 aliphatic rings. The van der Waals surface area contributed by atoms with Gasteiger partial charge in [0.2, 0.25) is 0 Å². The average molecular weight is 367 g/mol. The van der Waals surface area contributed by atoms with E-state index in [1.807, 2.05) is 19.9 Å². The van der Waals surface area contributed by atoms with Crippen molar-refractivity contribution in [1.82, 2.24) is 4.98 Å². The largest absolute Gasteiger partial charge is 0.491 e. The zero-order chi connectivity index (χ0) is 19.2. The van der Waals surface area contributed by atoms with Gasteiger partial charge in [-0.25, -0.2) is 0 Å². The van der Waals surface area contributed by atoms with Crippen LogP contribution in [0.3, 0.4) is 0 Å². The lowest BCUT2D eigenvalue weighted by atomic mass is 9.72. The molecule has 1 aliphatic carbocycles. The first-order chi connectivity index (χ1) is 12.9. The van der Waals surface area contributed by atoms with E-state index in [0.717, 1.165) is 10.9 Å². The highest BCUT2D eigenvalue weighted by Gasteiger charge is 2.41. The summed E-state index contributed by atoms with van der Waals surface area (Å²) in [5, 5.41) is 19.4. The van der Waals surface area contributed by atoms with Gasteiger partial charge in [-0.05, 0) is 50.1 Å². The molecule has 0 saturated heterocycles. The molecule has 4 rings (SSSR count). The second kappa shape index (κ2) is 6.48. The Morgan fingerprint density at radius 1 is 1.30 bits per heavy atom. The number of fused-ring (bicyclic) bond motifs is 4. The Morgan fingerprint density at radius 3 is 2.89 bits per heavy atom. The van der Waals surface area contributed by atoms with Gasteiger partial charge in [-0.2, -0.15) is 0 Å². The summed E-state index contributed by atoms with van der Waals surface area (Å²) in [6.45, 7) is 4.00. The molecule has 6 heteroatoms. The third-order valence-corrected chi connectivity index (χ3v) is 5.10. The second-order valence-electron chi connectivity index (χ2n) is 7.32. The van der Waals surface area contributed by atoms with Crippen molar-refractivity contribution in [2.75, 3.05) is 13.2 Å². The predicted molar refractivity (Wildman–Crippen MR) is 99.2 cm³/mol. The summed E-state index contributed by atoms with van der Waals surface area (Å²) in [6.07, 6.45) is 2.79. The predicted octanol–water partition coefficient (Wildman–Crippen LogP) is 2.82. The van der Waals surface area contributed by atoms with Gasteiger partial charge in [-0.1, -0.05) is 0 Å². The second-order valence-corrected chi connectivity index (χ2v) is 7.32. The number of aliphatic hydroxyl groups excluding tert-OH is 2. The van der Waals surface area contributed by atoms with Crippen LogP contribution in [0.5, 0.6) is 5.75 Å². The SMILES string of the molecule is CC1(C)c2cc(OC[C@@H](O)CCO)ccc2C(=O)c2c1oc1cnccc21. The number of ketones is 1. The van der Waals surface area contributed by atoms with E-state index in [4.69, 9.17) is 14.3 Å². The van der Waals surface area contributed by atoms with E-state index in [-0.39, 0.29) is 25.4 Å². The van der Waals surface area contributed by atoms with Crippen LogP contribution in [0.2, 0.25) is 0 Å². The number of carbonyl (C=O) groups is 1. The minimum Gasteiger partial charge on any atom is -0.491 e. The molecule has 1 atom stereocenters. The summed E-state index contributed by atoms with van der Waals surface area (Å²) in [5.41, 5.74) is 2.11. The lowest BCUT2D eigenvalue weighted by Gasteiger charge is -2.31. The van der Waals surface area contributed by atoms with Gasteiger partial charge in [0.05, 0.1) is 17.9 Å². The molecule has 27 heavy (non-hydrogen) atoms. The van der Waals surface area contributed by atoms with E-state index < -0.39 is 11.5 Å². The lowest BCUT2D eigenvalue weighted by Crippen LogP contribution is -2.29. The highest BCUT2D eigenvalue weighted by molar-refractivity contribution is 6.19. The fourth-order valence-corrected chi connectivity index (χ4v) is 3.63. The Bertz CT molecular complexity index is 1020. The summed E-state index contributed by atoms with van der Waals surface area (Å²) in [7, 11) is 0. The molecule has 2 heterocycles. The zero-order valence-corrected chi connectivity index (χ0v) is 15.2. The van der Waals surface area contributed by atoms with Crippen molar-refractivity contribution in [1.29, 1.82) is 0 Å². The molecule has 0 bridgehead atoms. The summed E-state index contributed by atoms with van der Waals surface area (Å²) in [4.78, 5) is 17.2. The Labute approximate surface area is 156 Å². The van der Waals surface area contributed by atoms with Crippen molar-refractivity contribution in [3.63, 3.8) is 0 Å². The molecule has 2 N–H and O–H groups in total. The van der Waals surface area contributed by atoms with Crippen LogP contribution in [0.25, 0.3) is 11.0 Å². The molecule has 0 amide bonds. The number of ether oxygens (including phenoxy) is 1. The van der Waals surface area contributed by atoms with Crippen LogP contribution in [-0.4, -0.2) is 40.3 Å². The smallest absolute Gasteiger partial charge is 0.197 e. The summed E-state index contributed by atoms with van der Waals surface area (Å²) in [6, 6.07) is 7.12. The number of carbonyl (C=O) groups excluding carboxylic acids is 1. The highest BCUT2D eigenvalue weighted by atomic mass is 16.5. The molecule has 0 spiro atoms. The van der Waals surface area contributed by atoms with Crippen molar-refractivity contribution in [2.45, 2.75) is 31.8 Å². The van der Waals surface area contributed by atoms with Gasteiger partial charge in [-0.3, -0.25) is 9.78 Å². The normalized spacial score (nSPS) is 16.1. The van der Waals surface area contributed by atoms with Gasteiger partial charge in [0.1, 0.15) is 18.1 Å². The van der Waals surface area contributed by atoms with Crippen molar-refractivity contribution < 1.29 is 24.2 Å². The Morgan fingerprint density at radius 2 is 2.11 bits per heavy atom. The third kappa shape index (κ3) is 2.81. The van der Waals surface area contributed by atoms with Crippen molar-refractivity contribution >= 4 is 16.8 Å². The lowest BCUT2D eigenvalue weighted by molar-refractivity contribution is 0.0820. The molecule has 140 valence electrons. The number of aromatic nitrogens is 1. The first-order valence-corrected chi connectivity index (χ1v) is 8.91. The van der Waals surface area contributed by atoms with E-state index >= 15 is 0 Å². The summed E-state index contributed by atoms with van der Waals surface area (Å²) >= 11 is 0. The summed E-state index contributed by atoms with van der Waals surface area (Å²) in [5.74, 6) is 1.12. The highest BCUT2D eigenvalue weighted by Crippen LogP contribution is 2.45. The van der Waals surface area contributed by atoms with Gasteiger partial charge in [0.25, 0.3) is 0 Å². The quantitative estimate of drug-likeness (QED) is 0.720. The topological polar surface area (TPSA) is 92.8 Å². The van der Waals surface area contributed by atoms with E-state index in [0.29, 0.717) is 28.2 Å². The summed E-state index contributed by atoms with van der Waals surface area (Å²) < 4.78 is 11.7. The van der Waals surface area contributed by atoms with Gasteiger partial charge in [-0.15, -0.1) is 0 Å². The van der Waals surface area contributed by atoms with Crippen LogP contribution >= 0.6 is 0 Å². The number of nitrogens with zero attached hydrogens (tertiary/aromatic N) is 1. The molecule has 3 aromatic rings. The van der Waals surface area contributed by atoms with Gasteiger partial charge >= 0.3 is 0 Å². The maximum absolute atomic E-state index is 13.1. The van der Waals surface area contributed by atoms with Crippen molar-refractivity contribution in [2.24, 2.45) is 0 Å². The average Bonchev–Trinajstić information content (AvgIpc) is 3.06. The first kappa shape index (κ1) is 17.7. The minimum absolute atomic E-state index is 0.0730. The molecule has 2 aromatic heterocycles. The van der Waals surface area contributed by atoms with Crippen LogP contribution in [0, 0.1) is 0 Å². The number of pyridine rings is 1. The number of benzene rings is 1. The fraction of sp³-hybridized carbons (Fsp3) is 0.333. The molecule has 0 aliphatic heterocycles. The first-order valence-electron chi connectivity index (χ1n) is 8.91. The maximum Gasteiger partial charge on any atom is 0.197 e.